The maximum Gasteiger partial charge on any atom is 0.250 e. The second-order valence-electron chi connectivity index (χ2n) is 10.0. The van der Waals surface area contributed by atoms with Gasteiger partial charge in [0, 0.05) is 18.8 Å². The predicted octanol–water partition coefficient (Wildman–Crippen LogP) is 3.45. The lowest BCUT2D eigenvalue weighted by atomic mass is 9.66. The Morgan fingerprint density at radius 3 is 2.50 bits per heavy atom. The number of para-hydroxylation sites is 2. The number of carbonyl (C=O) groups excluding carboxylic acids is 3. The Bertz CT molecular complexity index is 1180. The molecule has 3 fully saturated rings. The van der Waals surface area contributed by atoms with Crippen LogP contribution in [0.1, 0.15) is 32.6 Å². The zero-order chi connectivity index (χ0) is 25.5. The van der Waals surface area contributed by atoms with Crippen LogP contribution in [0.15, 0.2) is 54.6 Å². The van der Waals surface area contributed by atoms with E-state index in [0.29, 0.717) is 42.1 Å². The van der Waals surface area contributed by atoms with Crippen LogP contribution >= 0.6 is 11.6 Å². The highest BCUT2D eigenvalue weighted by Crippen LogP contribution is 2.63. The summed E-state index contributed by atoms with van der Waals surface area (Å²) in [5.74, 6) is -2.46. The summed E-state index contributed by atoms with van der Waals surface area (Å²) in [5, 5.41) is 15.5. The minimum absolute atomic E-state index is 0.0102. The summed E-state index contributed by atoms with van der Waals surface area (Å²) in [6, 6.07) is 15.1. The van der Waals surface area contributed by atoms with Gasteiger partial charge in [-0.25, -0.2) is 0 Å². The molecule has 0 saturated carbocycles. The van der Waals surface area contributed by atoms with Crippen LogP contribution < -0.4 is 10.6 Å². The number of aliphatic hydroxyl groups excluding tert-OH is 1. The SMILES string of the molecule is C[C@]12CCC3(O1)C(C(=O)Nc1ccccc1Cl)N(CCCCO)C(=O)[C@@H]3[C@H]2C(=O)Nc1ccccc1. The summed E-state index contributed by atoms with van der Waals surface area (Å²) in [4.78, 5) is 42.8. The third-order valence-corrected chi connectivity index (χ3v) is 8.12. The van der Waals surface area contributed by atoms with E-state index in [4.69, 9.17) is 16.3 Å². The number of unbranched alkanes of at least 4 members (excludes halogenated alkanes) is 1. The number of nitrogens with zero attached hydrogens (tertiary/aromatic N) is 1. The number of hydrogen-bond donors (Lipinski definition) is 3. The first-order valence-electron chi connectivity index (χ1n) is 12.3. The third-order valence-electron chi connectivity index (χ3n) is 7.79. The average Bonchev–Trinajstić information content (AvgIpc) is 3.42. The fraction of sp³-hybridized carbons (Fsp3) is 0.444. The van der Waals surface area contributed by atoms with Crippen molar-refractivity contribution in [3.8, 4) is 0 Å². The first-order chi connectivity index (χ1) is 17.3. The molecule has 0 aromatic heterocycles. The summed E-state index contributed by atoms with van der Waals surface area (Å²) in [5.41, 5.74) is -0.890. The number of amides is 3. The number of aliphatic hydroxyl groups is 1. The lowest BCUT2D eigenvalue weighted by molar-refractivity contribution is -0.143. The topological polar surface area (TPSA) is 108 Å². The fourth-order valence-corrected chi connectivity index (χ4v) is 6.45. The molecule has 5 rings (SSSR count). The Morgan fingerprint density at radius 1 is 1.06 bits per heavy atom. The highest BCUT2D eigenvalue weighted by molar-refractivity contribution is 6.33. The molecule has 2 aromatic carbocycles. The molecule has 1 spiro atoms. The minimum Gasteiger partial charge on any atom is -0.396 e. The van der Waals surface area contributed by atoms with Crippen LogP contribution in [0.3, 0.4) is 0 Å². The molecule has 2 unspecified atom stereocenters. The maximum absolute atomic E-state index is 13.9. The predicted molar refractivity (Wildman–Crippen MR) is 135 cm³/mol. The molecule has 190 valence electrons. The van der Waals surface area contributed by atoms with Crippen LogP contribution in [-0.2, 0) is 19.1 Å². The molecule has 3 N–H and O–H groups in total. The number of benzene rings is 2. The Morgan fingerprint density at radius 2 is 1.78 bits per heavy atom. The van der Waals surface area contributed by atoms with E-state index in [1.165, 1.54) is 0 Å². The molecule has 0 aliphatic carbocycles. The highest BCUT2D eigenvalue weighted by Gasteiger charge is 2.77. The van der Waals surface area contributed by atoms with Crippen LogP contribution in [-0.4, -0.2) is 58.1 Å². The molecule has 2 bridgehead atoms. The second kappa shape index (κ2) is 9.50. The monoisotopic (exact) mass is 511 g/mol. The summed E-state index contributed by atoms with van der Waals surface area (Å²) >= 11 is 6.29. The number of anilines is 2. The number of fused-ring (bicyclic) bond motifs is 1. The second-order valence-corrected chi connectivity index (χ2v) is 10.4. The van der Waals surface area contributed by atoms with E-state index >= 15 is 0 Å². The number of ether oxygens (including phenoxy) is 1. The van der Waals surface area contributed by atoms with Crippen LogP contribution in [0.5, 0.6) is 0 Å². The van der Waals surface area contributed by atoms with E-state index in [-0.39, 0.29) is 25.0 Å². The van der Waals surface area contributed by atoms with Crippen molar-refractivity contribution in [2.45, 2.75) is 49.9 Å². The standard InChI is InChI=1S/C27H30ClN3O5/c1-26-13-14-27(36-26)21(20(26)23(33)29-17-9-3-2-4-10-17)25(35)31(15-7-8-16-32)22(27)24(34)30-19-12-6-5-11-18(19)28/h2-6,9-12,20-22,32H,7-8,13-16H2,1H3,(H,29,33)(H,30,34)/t20-,21-,22?,26+,27?/m0/s1. The fourth-order valence-electron chi connectivity index (χ4n) is 6.27. The molecule has 36 heavy (non-hydrogen) atoms. The molecular formula is C27H30ClN3O5. The lowest BCUT2D eigenvalue weighted by Gasteiger charge is -2.33. The van der Waals surface area contributed by atoms with Crippen molar-refractivity contribution >= 4 is 40.7 Å². The van der Waals surface area contributed by atoms with Crippen LogP contribution in [0, 0.1) is 11.8 Å². The van der Waals surface area contributed by atoms with E-state index in [2.05, 4.69) is 10.6 Å². The average molecular weight is 512 g/mol. The molecule has 3 heterocycles. The van der Waals surface area contributed by atoms with E-state index < -0.39 is 35.0 Å². The Hall–Kier alpha value is -2.94. The number of hydrogen-bond acceptors (Lipinski definition) is 5. The first-order valence-corrected chi connectivity index (χ1v) is 12.7. The van der Waals surface area contributed by atoms with E-state index in [1.54, 1.807) is 41.3 Å². The molecule has 2 aromatic rings. The van der Waals surface area contributed by atoms with Crippen molar-refractivity contribution in [2.75, 3.05) is 23.8 Å². The Kier molecular flexibility index (Phi) is 6.53. The maximum atomic E-state index is 13.9. The van der Waals surface area contributed by atoms with Gasteiger partial charge >= 0.3 is 0 Å². The number of carbonyl (C=O) groups is 3. The van der Waals surface area contributed by atoms with Gasteiger partial charge < -0.3 is 25.4 Å². The summed E-state index contributed by atoms with van der Waals surface area (Å²) in [7, 11) is 0. The van der Waals surface area contributed by atoms with Crippen LogP contribution in [0.2, 0.25) is 5.02 Å². The third kappa shape index (κ3) is 3.97. The number of likely N-dealkylation sites (tertiary alicyclic amines) is 1. The summed E-state index contributed by atoms with van der Waals surface area (Å²) in [6.45, 7) is 2.14. The molecule has 9 heteroatoms. The van der Waals surface area contributed by atoms with E-state index in [0.717, 1.165) is 0 Å². The molecule has 3 saturated heterocycles. The number of halogens is 1. The number of nitrogens with one attached hydrogen (secondary N) is 2. The smallest absolute Gasteiger partial charge is 0.250 e. The van der Waals surface area contributed by atoms with Gasteiger partial charge in [0.05, 0.1) is 28.1 Å². The summed E-state index contributed by atoms with van der Waals surface area (Å²) in [6.07, 6.45) is 2.08. The van der Waals surface area contributed by atoms with Crippen molar-refractivity contribution in [1.29, 1.82) is 0 Å². The van der Waals surface area contributed by atoms with Gasteiger partial charge in [0.1, 0.15) is 11.6 Å². The normalized spacial score (nSPS) is 30.4. The molecule has 3 aliphatic rings. The van der Waals surface area contributed by atoms with Gasteiger partial charge in [-0.3, -0.25) is 14.4 Å². The van der Waals surface area contributed by atoms with Crippen molar-refractivity contribution in [3.63, 3.8) is 0 Å². The van der Waals surface area contributed by atoms with Gasteiger partial charge in [0.25, 0.3) is 0 Å². The first kappa shape index (κ1) is 24.7. The molecule has 8 nitrogen and oxygen atoms in total. The lowest BCUT2D eigenvalue weighted by Crippen LogP contribution is -2.53. The summed E-state index contributed by atoms with van der Waals surface area (Å²) < 4.78 is 6.58. The molecule has 3 amide bonds. The Labute approximate surface area is 215 Å². The van der Waals surface area contributed by atoms with Crippen molar-refractivity contribution in [3.05, 3.63) is 59.6 Å². The molecule has 3 aliphatic heterocycles. The minimum atomic E-state index is -1.12. The van der Waals surface area contributed by atoms with Crippen molar-refractivity contribution in [1.82, 2.24) is 4.90 Å². The number of rotatable bonds is 8. The highest BCUT2D eigenvalue weighted by atomic mass is 35.5. The van der Waals surface area contributed by atoms with Gasteiger partial charge in [0.2, 0.25) is 17.7 Å². The van der Waals surface area contributed by atoms with Gasteiger partial charge in [0.15, 0.2) is 0 Å². The van der Waals surface area contributed by atoms with Crippen LogP contribution in [0.4, 0.5) is 11.4 Å². The van der Waals surface area contributed by atoms with Gasteiger partial charge in [-0.15, -0.1) is 0 Å². The van der Waals surface area contributed by atoms with Crippen molar-refractivity contribution < 1.29 is 24.2 Å². The molecular weight excluding hydrogens is 482 g/mol. The van der Waals surface area contributed by atoms with Crippen LogP contribution in [0.25, 0.3) is 0 Å². The Balaban J connectivity index is 1.49. The van der Waals surface area contributed by atoms with Gasteiger partial charge in [-0.05, 0) is 56.9 Å². The molecule has 0 radical (unpaired) electrons. The van der Waals surface area contributed by atoms with Gasteiger partial charge in [-0.2, -0.15) is 0 Å². The molecule has 5 atom stereocenters. The zero-order valence-electron chi connectivity index (χ0n) is 20.1. The van der Waals surface area contributed by atoms with E-state index in [1.807, 2.05) is 25.1 Å². The quantitative estimate of drug-likeness (QED) is 0.470. The van der Waals surface area contributed by atoms with Gasteiger partial charge in [-0.1, -0.05) is 41.9 Å². The van der Waals surface area contributed by atoms with E-state index in [9.17, 15) is 19.5 Å². The zero-order valence-corrected chi connectivity index (χ0v) is 20.8. The largest absolute Gasteiger partial charge is 0.396 e. The van der Waals surface area contributed by atoms with Crippen molar-refractivity contribution in [2.24, 2.45) is 11.8 Å².